The van der Waals surface area contributed by atoms with E-state index in [1.807, 2.05) is 38.1 Å². The van der Waals surface area contributed by atoms with Gasteiger partial charge in [-0.1, -0.05) is 35.9 Å². The molecule has 0 saturated heterocycles. The Hall–Kier alpha value is -1.84. The van der Waals surface area contributed by atoms with Crippen LogP contribution >= 0.6 is 11.6 Å². The van der Waals surface area contributed by atoms with Gasteiger partial charge in [-0.15, -0.1) is 0 Å². The Bertz CT molecular complexity index is 742. The molecule has 3 rings (SSSR count). The number of aliphatic hydroxyl groups excluding tert-OH is 1. The molecule has 0 unspecified atom stereocenters. The predicted molar refractivity (Wildman–Crippen MR) is 87.3 cm³/mol. The second-order valence-electron chi connectivity index (χ2n) is 5.84. The van der Waals surface area contributed by atoms with Crippen LogP contribution in [0.5, 0.6) is 0 Å². The molecule has 0 heterocycles. The maximum atomic E-state index is 12.5. The summed E-state index contributed by atoms with van der Waals surface area (Å²) in [5.41, 5.74) is 4.56. The lowest BCUT2D eigenvalue weighted by Crippen LogP contribution is -2.34. The minimum Gasteiger partial charge on any atom is -0.390 e. The van der Waals surface area contributed by atoms with Crippen LogP contribution in [0.2, 0.25) is 5.02 Å². The van der Waals surface area contributed by atoms with Gasteiger partial charge in [-0.2, -0.15) is 0 Å². The Kier molecular flexibility index (Phi) is 3.94. The first-order valence-corrected chi connectivity index (χ1v) is 7.68. The number of nitrogens with one attached hydrogen (secondary N) is 1. The number of halogens is 1. The molecule has 0 aromatic heterocycles. The van der Waals surface area contributed by atoms with E-state index in [4.69, 9.17) is 11.6 Å². The largest absolute Gasteiger partial charge is 0.390 e. The first kappa shape index (κ1) is 15.1. The fraction of sp³-hybridized carbons (Fsp3) is 0.278. The van der Waals surface area contributed by atoms with E-state index in [1.165, 1.54) is 0 Å². The molecule has 2 N–H and O–H groups in total. The van der Waals surface area contributed by atoms with E-state index in [-0.39, 0.29) is 11.9 Å². The topological polar surface area (TPSA) is 49.3 Å². The van der Waals surface area contributed by atoms with E-state index in [0.717, 1.165) is 22.3 Å². The zero-order chi connectivity index (χ0) is 15.9. The number of carbonyl (C=O) groups is 1. The second-order valence-corrected chi connectivity index (χ2v) is 6.24. The third-order valence-electron chi connectivity index (χ3n) is 4.32. The molecule has 0 aliphatic heterocycles. The predicted octanol–water partition coefficient (Wildman–Crippen LogP) is 3.34. The van der Waals surface area contributed by atoms with Crippen LogP contribution in [0.4, 0.5) is 0 Å². The minimum atomic E-state index is -0.605. The Morgan fingerprint density at radius 2 is 1.91 bits per heavy atom. The summed E-state index contributed by atoms with van der Waals surface area (Å²) in [5.74, 6) is -0.256. The number of amides is 1. The van der Waals surface area contributed by atoms with Crippen molar-refractivity contribution in [3.05, 3.63) is 69.2 Å². The normalized spacial score (nSPS) is 19.8. The van der Waals surface area contributed by atoms with Gasteiger partial charge in [0.15, 0.2) is 0 Å². The van der Waals surface area contributed by atoms with Crippen molar-refractivity contribution in [2.75, 3.05) is 0 Å². The SMILES string of the molecule is Cc1cc(Cl)c(C(=O)N[C@H]2c3ccccc3C[C@H]2O)cc1C. The van der Waals surface area contributed by atoms with Crippen LogP contribution in [0.15, 0.2) is 36.4 Å². The Balaban J connectivity index is 1.88. The summed E-state index contributed by atoms with van der Waals surface area (Å²) in [7, 11) is 0. The van der Waals surface area contributed by atoms with Crippen molar-refractivity contribution in [3.8, 4) is 0 Å². The molecule has 1 aliphatic carbocycles. The molecule has 0 bridgehead atoms. The van der Waals surface area contributed by atoms with Gasteiger partial charge in [-0.05, 0) is 48.2 Å². The zero-order valence-corrected chi connectivity index (χ0v) is 13.3. The molecule has 0 radical (unpaired) electrons. The maximum absolute atomic E-state index is 12.5. The molecule has 0 saturated carbocycles. The number of hydrogen-bond acceptors (Lipinski definition) is 2. The lowest BCUT2D eigenvalue weighted by Gasteiger charge is -2.19. The first-order chi connectivity index (χ1) is 10.5. The van der Waals surface area contributed by atoms with E-state index in [1.54, 1.807) is 12.1 Å². The van der Waals surface area contributed by atoms with Crippen molar-refractivity contribution in [3.63, 3.8) is 0 Å². The number of benzene rings is 2. The molecule has 0 fully saturated rings. The van der Waals surface area contributed by atoms with Crippen LogP contribution < -0.4 is 5.32 Å². The van der Waals surface area contributed by atoms with E-state index >= 15 is 0 Å². The number of carbonyl (C=O) groups excluding carboxylic acids is 1. The summed E-state index contributed by atoms with van der Waals surface area (Å²) < 4.78 is 0. The van der Waals surface area contributed by atoms with Gasteiger partial charge in [-0.3, -0.25) is 4.79 Å². The summed E-state index contributed by atoms with van der Waals surface area (Å²) in [6, 6.07) is 11.0. The Labute approximate surface area is 134 Å². The molecular weight excluding hydrogens is 298 g/mol. The third kappa shape index (κ3) is 2.62. The van der Waals surface area contributed by atoms with Crippen LogP contribution in [0.25, 0.3) is 0 Å². The summed E-state index contributed by atoms with van der Waals surface area (Å²) in [4.78, 5) is 12.5. The molecule has 22 heavy (non-hydrogen) atoms. The lowest BCUT2D eigenvalue weighted by molar-refractivity contribution is 0.0858. The average Bonchev–Trinajstić information content (AvgIpc) is 2.79. The third-order valence-corrected chi connectivity index (χ3v) is 4.63. The molecule has 4 heteroatoms. The van der Waals surface area contributed by atoms with Crippen molar-refractivity contribution >= 4 is 17.5 Å². The monoisotopic (exact) mass is 315 g/mol. The number of fused-ring (bicyclic) bond motifs is 1. The van der Waals surface area contributed by atoms with Gasteiger partial charge >= 0.3 is 0 Å². The maximum Gasteiger partial charge on any atom is 0.253 e. The van der Waals surface area contributed by atoms with Crippen molar-refractivity contribution < 1.29 is 9.90 Å². The van der Waals surface area contributed by atoms with E-state index in [0.29, 0.717) is 17.0 Å². The molecule has 1 aliphatic rings. The average molecular weight is 316 g/mol. The van der Waals surface area contributed by atoms with Gasteiger partial charge in [-0.25, -0.2) is 0 Å². The molecule has 2 atom stereocenters. The van der Waals surface area contributed by atoms with Gasteiger partial charge in [0, 0.05) is 6.42 Å². The van der Waals surface area contributed by atoms with Crippen molar-refractivity contribution in [1.82, 2.24) is 5.32 Å². The van der Waals surface area contributed by atoms with E-state index in [9.17, 15) is 9.90 Å². The van der Waals surface area contributed by atoms with Crippen LogP contribution in [-0.2, 0) is 6.42 Å². The number of rotatable bonds is 2. The van der Waals surface area contributed by atoms with Crippen LogP contribution in [0.3, 0.4) is 0 Å². The highest BCUT2D eigenvalue weighted by atomic mass is 35.5. The highest BCUT2D eigenvalue weighted by Crippen LogP contribution is 2.32. The Morgan fingerprint density at radius 3 is 2.68 bits per heavy atom. The van der Waals surface area contributed by atoms with E-state index < -0.39 is 6.10 Å². The minimum absolute atomic E-state index is 0.256. The van der Waals surface area contributed by atoms with E-state index in [2.05, 4.69) is 5.32 Å². The van der Waals surface area contributed by atoms with Crippen LogP contribution in [-0.4, -0.2) is 17.1 Å². The number of aryl methyl sites for hydroxylation is 2. The quantitative estimate of drug-likeness (QED) is 0.893. The standard InChI is InChI=1S/C18H18ClNO2/c1-10-7-14(15(19)8-11(10)2)18(22)20-17-13-6-4-3-5-12(13)9-16(17)21/h3-8,16-17,21H,9H2,1-2H3,(H,20,22)/t16-,17+/m1/s1. The van der Waals surface area contributed by atoms with Crippen molar-refractivity contribution in [1.29, 1.82) is 0 Å². The molecular formula is C18H18ClNO2. The highest BCUT2D eigenvalue weighted by molar-refractivity contribution is 6.34. The first-order valence-electron chi connectivity index (χ1n) is 7.31. The second kappa shape index (κ2) is 5.75. The smallest absolute Gasteiger partial charge is 0.253 e. The van der Waals surface area contributed by atoms with Crippen molar-refractivity contribution in [2.45, 2.75) is 32.4 Å². The van der Waals surface area contributed by atoms with Gasteiger partial charge in [0.1, 0.15) is 0 Å². The number of aliphatic hydroxyl groups is 1. The fourth-order valence-corrected chi connectivity index (χ4v) is 3.23. The lowest BCUT2D eigenvalue weighted by atomic mass is 10.0. The molecule has 2 aromatic rings. The van der Waals surface area contributed by atoms with Gasteiger partial charge < -0.3 is 10.4 Å². The van der Waals surface area contributed by atoms with Crippen LogP contribution in [0.1, 0.15) is 38.7 Å². The molecule has 114 valence electrons. The van der Waals surface area contributed by atoms with Gasteiger partial charge in [0.2, 0.25) is 0 Å². The summed E-state index contributed by atoms with van der Waals surface area (Å²) in [6.45, 7) is 3.90. The summed E-state index contributed by atoms with van der Waals surface area (Å²) in [6.07, 6.45) is -0.0476. The van der Waals surface area contributed by atoms with Crippen molar-refractivity contribution in [2.24, 2.45) is 0 Å². The van der Waals surface area contributed by atoms with Gasteiger partial charge in [0.25, 0.3) is 5.91 Å². The zero-order valence-electron chi connectivity index (χ0n) is 12.6. The van der Waals surface area contributed by atoms with Crippen LogP contribution in [0, 0.1) is 13.8 Å². The Morgan fingerprint density at radius 1 is 1.23 bits per heavy atom. The molecule has 1 amide bonds. The van der Waals surface area contributed by atoms with Gasteiger partial charge in [0.05, 0.1) is 22.7 Å². The highest BCUT2D eigenvalue weighted by Gasteiger charge is 2.32. The molecule has 2 aromatic carbocycles. The summed E-state index contributed by atoms with van der Waals surface area (Å²) in [5, 5.41) is 13.6. The molecule has 3 nitrogen and oxygen atoms in total. The summed E-state index contributed by atoms with van der Waals surface area (Å²) >= 11 is 6.20. The fourth-order valence-electron chi connectivity index (χ4n) is 2.92. The number of hydrogen-bond donors (Lipinski definition) is 2. The molecule has 0 spiro atoms.